The van der Waals surface area contributed by atoms with Gasteiger partial charge in [-0.05, 0) is 37.5 Å². The summed E-state index contributed by atoms with van der Waals surface area (Å²) in [7, 11) is 0. The van der Waals surface area contributed by atoms with Gasteiger partial charge in [0.2, 0.25) is 0 Å². The molecule has 2 bridgehead atoms. The first-order valence-corrected chi connectivity index (χ1v) is 4.67. The van der Waals surface area contributed by atoms with E-state index in [0.29, 0.717) is 17.9 Å². The van der Waals surface area contributed by atoms with Crippen LogP contribution in [0.3, 0.4) is 0 Å². The highest BCUT2D eigenvalue weighted by atomic mass is 16.4. The van der Waals surface area contributed by atoms with Gasteiger partial charge in [0.25, 0.3) is 0 Å². The molecule has 0 aliphatic heterocycles. The molecule has 0 aromatic rings. The highest BCUT2D eigenvalue weighted by Crippen LogP contribution is 2.43. The molecule has 2 rings (SSSR count). The minimum atomic E-state index is -0.626. The Labute approximate surface area is 71.9 Å². The number of rotatable bonds is 1. The second-order valence-corrected chi connectivity index (χ2v) is 4.18. The molecular weight excluding hydrogens is 154 g/mol. The largest absolute Gasteiger partial charge is 0.481 e. The summed E-state index contributed by atoms with van der Waals surface area (Å²) < 4.78 is 0. The lowest BCUT2D eigenvalue weighted by atomic mass is 9.78. The van der Waals surface area contributed by atoms with E-state index in [1.807, 2.05) is 0 Å². The van der Waals surface area contributed by atoms with Crippen LogP contribution in [-0.4, -0.2) is 17.1 Å². The Balaban J connectivity index is 2.07. The molecule has 2 atom stereocenters. The molecule has 68 valence electrons. The molecule has 0 aromatic heterocycles. The van der Waals surface area contributed by atoms with Crippen molar-refractivity contribution in [2.45, 2.75) is 31.7 Å². The Morgan fingerprint density at radius 3 is 2.17 bits per heavy atom. The third kappa shape index (κ3) is 1.12. The average Bonchev–Trinajstić information content (AvgIpc) is 2.30. The van der Waals surface area contributed by atoms with Crippen LogP contribution in [0.15, 0.2) is 0 Å². The van der Waals surface area contributed by atoms with Gasteiger partial charge in [0.15, 0.2) is 0 Å². The lowest BCUT2D eigenvalue weighted by molar-refractivity contribution is -0.143. The van der Waals surface area contributed by atoms with Crippen LogP contribution in [0, 0.1) is 17.8 Å². The van der Waals surface area contributed by atoms with Gasteiger partial charge in [-0.1, -0.05) is 0 Å². The molecular formula is C9H15NO2. The molecule has 0 aromatic carbocycles. The highest BCUT2D eigenvalue weighted by Gasteiger charge is 2.42. The molecule has 2 unspecified atom stereocenters. The fourth-order valence-electron chi connectivity index (χ4n) is 2.78. The smallest absolute Gasteiger partial charge is 0.306 e. The lowest BCUT2D eigenvalue weighted by Crippen LogP contribution is -2.39. The van der Waals surface area contributed by atoms with Gasteiger partial charge < -0.3 is 10.8 Å². The van der Waals surface area contributed by atoms with Crippen molar-refractivity contribution in [3.05, 3.63) is 0 Å². The monoisotopic (exact) mass is 169 g/mol. The molecule has 2 aliphatic rings. The van der Waals surface area contributed by atoms with Crippen LogP contribution in [0.4, 0.5) is 0 Å². The third-order valence-electron chi connectivity index (χ3n) is 3.52. The summed E-state index contributed by atoms with van der Waals surface area (Å²) >= 11 is 0. The predicted molar refractivity (Wildman–Crippen MR) is 44.5 cm³/mol. The van der Waals surface area contributed by atoms with Crippen molar-refractivity contribution < 1.29 is 9.90 Å². The van der Waals surface area contributed by atoms with Crippen molar-refractivity contribution >= 4 is 5.97 Å². The first-order chi connectivity index (χ1) is 5.68. The van der Waals surface area contributed by atoms with Gasteiger partial charge in [-0.2, -0.15) is 0 Å². The van der Waals surface area contributed by atoms with Gasteiger partial charge in [-0.3, -0.25) is 4.79 Å². The zero-order valence-corrected chi connectivity index (χ0v) is 7.07. The number of nitrogens with two attached hydrogens (primary N) is 1. The molecule has 3 N–H and O–H groups in total. The number of carbonyl (C=O) groups is 1. The Morgan fingerprint density at radius 1 is 1.25 bits per heavy atom. The summed E-state index contributed by atoms with van der Waals surface area (Å²) in [5, 5.41) is 8.85. The van der Waals surface area contributed by atoms with E-state index >= 15 is 0 Å². The van der Waals surface area contributed by atoms with Crippen molar-refractivity contribution in [1.29, 1.82) is 0 Å². The standard InChI is InChI=1S/C9H15NO2/c10-8-5-1-2-6(8)4-7(3-5)9(11)12/h5-8H,1-4,10H2,(H,11,12). The van der Waals surface area contributed by atoms with Gasteiger partial charge >= 0.3 is 5.97 Å². The summed E-state index contributed by atoms with van der Waals surface area (Å²) in [6.45, 7) is 0. The Kier molecular flexibility index (Phi) is 1.83. The van der Waals surface area contributed by atoms with Crippen LogP contribution >= 0.6 is 0 Å². The van der Waals surface area contributed by atoms with Crippen LogP contribution in [0.2, 0.25) is 0 Å². The summed E-state index contributed by atoms with van der Waals surface area (Å²) in [5.74, 6) is 0.246. The second kappa shape index (κ2) is 2.73. The number of hydrogen-bond donors (Lipinski definition) is 2. The van der Waals surface area contributed by atoms with Crippen LogP contribution in [0.1, 0.15) is 25.7 Å². The van der Waals surface area contributed by atoms with Gasteiger partial charge in [-0.25, -0.2) is 0 Å². The molecule has 0 spiro atoms. The third-order valence-corrected chi connectivity index (χ3v) is 3.52. The van der Waals surface area contributed by atoms with E-state index in [1.165, 1.54) is 0 Å². The van der Waals surface area contributed by atoms with Gasteiger partial charge in [0.05, 0.1) is 5.92 Å². The molecule has 3 nitrogen and oxygen atoms in total. The Hall–Kier alpha value is -0.570. The fraction of sp³-hybridized carbons (Fsp3) is 0.889. The van der Waals surface area contributed by atoms with Crippen molar-refractivity contribution in [3.8, 4) is 0 Å². The quantitative estimate of drug-likeness (QED) is 0.611. The van der Waals surface area contributed by atoms with E-state index in [1.54, 1.807) is 0 Å². The predicted octanol–water partition coefficient (Wildman–Crippen LogP) is 0.834. The van der Waals surface area contributed by atoms with E-state index < -0.39 is 5.97 Å². The van der Waals surface area contributed by atoms with E-state index in [4.69, 9.17) is 10.8 Å². The van der Waals surface area contributed by atoms with Crippen LogP contribution in [0.5, 0.6) is 0 Å². The lowest BCUT2D eigenvalue weighted by Gasteiger charge is -2.30. The molecule has 0 amide bonds. The maximum absolute atomic E-state index is 10.7. The fourth-order valence-corrected chi connectivity index (χ4v) is 2.78. The van der Waals surface area contributed by atoms with Gasteiger partial charge in [-0.15, -0.1) is 0 Å². The van der Waals surface area contributed by atoms with Crippen molar-refractivity contribution in [3.63, 3.8) is 0 Å². The maximum Gasteiger partial charge on any atom is 0.306 e. The number of carboxylic acid groups (broad SMARTS) is 1. The van der Waals surface area contributed by atoms with E-state index in [9.17, 15) is 4.79 Å². The summed E-state index contributed by atoms with van der Waals surface area (Å²) in [6, 6.07) is 0.292. The number of carboxylic acids is 1. The Bertz CT molecular complexity index is 191. The Morgan fingerprint density at radius 2 is 1.75 bits per heavy atom. The van der Waals surface area contributed by atoms with Crippen LogP contribution in [-0.2, 0) is 4.79 Å². The first-order valence-electron chi connectivity index (χ1n) is 4.67. The minimum absolute atomic E-state index is 0.109. The number of aliphatic carboxylic acids is 1. The molecule has 2 fully saturated rings. The summed E-state index contributed by atoms with van der Waals surface area (Å²) in [6.07, 6.45) is 3.92. The van der Waals surface area contributed by atoms with Crippen LogP contribution in [0.25, 0.3) is 0 Å². The van der Waals surface area contributed by atoms with E-state index in [-0.39, 0.29) is 5.92 Å². The molecule has 0 heterocycles. The van der Waals surface area contributed by atoms with Crippen molar-refractivity contribution in [2.75, 3.05) is 0 Å². The van der Waals surface area contributed by atoms with Crippen LogP contribution < -0.4 is 5.73 Å². The summed E-state index contributed by atoms with van der Waals surface area (Å²) in [5.41, 5.74) is 5.95. The topological polar surface area (TPSA) is 63.3 Å². The summed E-state index contributed by atoms with van der Waals surface area (Å²) in [4.78, 5) is 10.7. The normalized spacial score (nSPS) is 46.1. The first kappa shape index (κ1) is 8.05. The highest BCUT2D eigenvalue weighted by molar-refractivity contribution is 5.70. The zero-order chi connectivity index (χ0) is 8.72. The molecule has 2 saturated carbocycles. The molecule has 0 saturated heterocycles. The molecule has 12 heavy (non-hydrogen) atoms. The zero-order valence-electron chi connectivity index (χ0n) is 7.07. The van der Waals surface area contributed by atoms with Crippen molar-refractivity contribution in [2.24, 2.45) is 23.5 Å². The average molecular weight is 169 g/mol. The van der Waals surface area contributed by atoms with Gasteiger partial charge in [0, 0.05) is 6.04 Å². The number of hydrogen-bond acceptors (Lipinski definition) is 2. The van der Waals surface area contributed by atoms with Crippen molar-refractivity contribution in [1.82, 2.24) is 0 Å². The number of fused-ring (bicyclic) bond motifs is 2. The molecule has 3 heteroatoms. The molecule has 0 radical (unpaired) electrons. The van der Waals surface area contributed by atoms with E-state index in [0.717, 1.165) is 25.7 Å². The SMILES string of the molecule is NC1C2CCC1CC(C(=O)O)C2. The second-order valence-electron chi connectivity index (χ2n) is 4.18. The van der Waals surface area contributed by atoms with E-state index in [2.05, 4.69) is 0 Å². The van der Waals surface area contributed by atoms with Gasteiger partial charge in [0.1, 0.15) is 0 Å². The molecule has 2 aliphatic carbocycles. The minimum Gasteiger partial charge on any atom is -0.481 e. The maximum atomic E-state index is 10.7.